The molecule has 0 saturated carbocycles. The standard InChI is InChI=1S/C19H30N2/c1-4-15-8-7-11-21(13-15)18-12-14(2)16-9-5-6-10-17(16)19(18)20-3/h5-6,9-10,14-15,18-20H,4,7-8,11-13H2,1-3H3. The van der Waals surface area contributed by atoms with E-state index in [4.69, 9.17) is 0 Å². The van der Waals surface area contributed by atoms with Gasteiger partial charge in [-0.3, -0.25) is 4.90 Å². The molecule has 0 amide bonds. The zero-order chi connectivity index (χ0) is 14.8. The average molecular weight is 286 g/mol. The predicted octanol–water partition coefficient (Wildman–Crippen LogP) is 3.94. The van der Waals surface area contributed by atoms with Crippen LogP contribution in [0.5, 0.6) is 0 Å². The lowest BCUT2D eigenvalue weighted by Gasteiger charge is -2.46. The summed E-state index contributed by atoms with van der Waals surface area (Å²) in [5.74, 6) is 1.58. The minimum Gasteiger partial charge on any atom is -0.312 e. The van der Waals surface area contributed by atoms with Crippen molar-refractivity contribution in [3.05, 3.63) is 35.4 Å². The van der Waals surface area contributed by atoms with E-state index in [1.54, 1.807) is 5.56 Å². The van der Waals surface area contributed by atoms with Crippen molar-refractivity contribution in [1.82, 2.24) is 10.2 Å². The van der Waals surface area contributed by atoms with Gasteiger partial charge in [0, 0.05) is 18.6 Å². The highest BCUT2D eigenvalue weighted by Crippen LogP contribution is 2.40. The van der Waals surface area contributed by atoms with Crippen molar-refractivity contribution in [1.29, 1.82) is 0 Å². The van der Waals surface area contributed by atoms with Crippen LogP contribution >= 0.6 is 0 Å². The van der Waals surface area contributed by atoms with Crippen LogP contribution in [0.4, 0.5) is 0 Å². The Bertz CT molecular complexity index is 470. The first-order valence-corrected chi connectivity index (χ1v) is 8.74. The maximum atomic E-state index is 3.62. The van der Waals surface area contributed by atoms with Crippen molar-refractivity contribution in [3.63, 3.8) is 0 Å². The number of likely N-dealkylation sites (tertiary alicyclic amines) is 1. The van der Waals surface area contributed by atoms with Crippen molar-refractivity contribution in [2.75, 3.05) is 20.1 Å². The van der Waals surface area contributed by atoms with Gasteiger partial charge in [0.25, 0.3) is 0 Å². The number of nitrogens with zero attached hydrogens (tertiary/aromatic N) is 1. The highest BCUT2D eigenvalue weighted by Gasteiger charge is 2.37. The monoisotopic (exact) mass is 286 g/mol. The summed E-state index contributed by atoms with van der Waals surface area (Å²) in [5, 5.41) is 3.62. The molecule has 0 radical (unpaired) electrons. The molecule has 0 bridgehead atoms. The van der Waals surface area contributed by atoms with Crippen LogP contribution in [0.1, 0.15) is 62.6 Å². The Morgan fingerprint density at radius 2 is 2.00 bits per heavy atom. The van der Waals surface area contributed by atoms with Crippen LogP contribution in [0, 0.1) is 5.92 Å². The Hall–Kier alpha value is -0.860. The molecule has 0 aromatic heterocycles. The topological polar surface area (TPSA) is 15.3 Å². The first kappa shape index (κ1) is 15.1. The first-order valence-electron chi connectivity index (χ1n) is 8.74. The number of likely N-dealkylation sites (N-methyl/N-ethyl adjacent to an activating group) is 1. The Morgan fingerprint density at radius 1 is 1.24 bits per heavy atom. The number of piperidine rings is 1. The fourth-order valence-electron chi connectivity index (χ4n) is 4.51. The Kier molecular flexibility index (Phi) is 4.66. The van der Waals surface area contributed by atoms with Crippen molar-refractivity contribution >= 4 is 0 Å². The molecule has 2 aliphatic rings. The molecule has 4 atom stereocenters. The van der Waals surface area contributed by atoms with E-state index in [1.165, 1.54) is 44.3 Å². The van der Waals surface area contributed by atoms with Crippen LogP contribution in [0.2, 0.25) is 0 Å². The van der Waals surface area contributed by atoms with E-state index in [-0.39, 0.29) is 0 Å². The summed E-state index contributed by atoms with van der Waals surface area (Å²) < 4.78 is 0. The third-order valence-corrected chi connectivity index (χ3v) is 5.75. The molecule has 2 heteroatoms. The second-order valence-electron chi connectivity index (χ2n) is 7.01. The van der Waals surface area contributed by atoms with Gasteiger partial charge in [-0.15, -0.1) is 0 Å². The molecule has 1 aliphatic heterocycles. The van der Waals surface area contributed by atoms with Crippen molar-refractivity contribution in [2.45, 2.75) is 57.5 Å². The number of hydrogen-bond acceptors (Lipinski definition) is 2. The zero-order valence-corrected chi connectivity index (χ0v) is 13.8. The van der Waals surface area contributed by atoms with Gasteiger partial charge in [-0.2, -0.15) is 0 Å². The molecule has 1 saturated heterocycles. The fourth-order valence-corrected chi connectivity index (χ4v) is 4.51. The van der Waals surface area contributed by atoms with E-state index in [0.29, 0.717) is 18.0 Å². The second kappa shape index (κ2) is 6.50. The molecule has 1 heterocycles. The van der Waals surface area contributed by atoms with Crippen LogP contribution < -0.4 is 5.32 Å². The van der Waals surface area contributed by atoms with Gasteiger partial charge < -0.3 is 5.32 Å². The summed E-state index contributed by atoms with van der Waals surface area (Å²) in [4.78, 5) is 2.78. The zero-order valence-electron chi connectivity index (χ0n) is 13.8. The van der Waals surface area contributed by atoms with E-state index in [9.17, 15) is 0 Å². The Morgan fingerprint density at radius 3 is 2.71 bits per heavy atom. The Balaban J connectivity index is 1.86. The molecule has 0 spiro atoms. The summed E-state index contributed by atoms with van der Waals surface area (Å²) >= 11 is 0. The number of benzene rings is 1. The normalized spacial score (nSPS) is 33.7. The van der Waals surface area contributed by atoms with Crippen LogP contribution in [0.3, 0.4) is 0 Å². The maximum absolute atomic E-state index is 3.62. The van der Waals surface area contributed by atoms with Gasteiger partial charge in [0.2, 0.25) is 0 Å². The average Bonchev–Trinajstić information content (AvgIpc) is 2.55. The van der Waals surface area contributed by atoms with Crippen molar-refractivity contribution in [2.24, 2.45) is 5.92 Å². The van der Waals surface area contributed by atoms with Crippen LogP contribution in [0.25, 0.3) is 0 Å². The molecule has 1 aromatic carbocycles. The minimum atomic E-state index is 0.494. The molecule has 1 N–H and O–H groups in total. The third kappa shape index (κ3) is 2.89. The maximum Gasteiger partial charge on any atom is 0.0478 e. The van der Waals surface area contributed by atoms with Gasteiger partial charge in [-0.05, 0) is 55.8 Å². The summed E-state index contributed by atoms with van der Waals surface area (Å²) in [7, 11) is 2.13. The van der Waals surface area contributed by atoms with Crippen LogP contribution in [-0.4, -0.2) is 31.1 Å². The van der Waals surface area contributed by atoms with E-state index < -0.39 is 0 Å². The third-order valence-electron chi connectivity index (χ3n) is 5.75. The van der Waals surface area contributed by atoms with Gasteiger partial charge in [0.15, 0.2) is 0 Å². The van der Waals surface area contributed by atoms with E-state index in [1.807, 2.05) is 0 Å². The molecule has 116 valence electrons. The molecule has 21 heavy (non-hydrogen) atoms. The summed E-state index contributed by atoms with van der Waals surface area (Å²) in [5.41, 5.74) is 3.08. The predicted molar refractivity (Wildman–Crippen MR) is 89.7 cm³/mol. The number of nitrogens with one attached hydrogen (secondary N) is 1. The molecular formula is C19H30N2. The highest BCUT2D eigenvalue weighted by molar-refractivity contribution is 5.36. The smallest absolute Gasteiger partial charge is 0.0478 e. The molecule has 4 unspecified atom stereocenters. The summed E-state index contributed by atoms with van der Waals surface area (Å²) in [6.45, 7) is 7.34. The number of hydrogen-bond donors (Lipinski definition) is 1. The van der Waals surface area contributed by atoms with E-state index in [0.717, 1.165) is 5.92 Å². The molecule has 1 fully saturated rings. The first-order chi connectivity index (χ1) is 10.2. The highest BCUT2D eigenvalue weighted by atomic mass is 15.2. The van der Waals surface area contributed by atoms with Crippen molar-refractivity contribution < 1.29 is 0 Å². The van der Waals surface area contributed by atoms with Gasteiger partial charge >= 0.3 is 0 Å². The largest absolute Gasteiger partial charge is 0.312 e. The van der Waals surface area contributed by atoms with Crippen LogP contribution in [0.15, 0.2) is 24.3 Å². The van der Waals surface area contributed by atoms with Gasteiger partial charge in [-0.25, -0.2) is 0 Å². The van der Waals surface area contributed by atoms with E-state index >= 15 is 0 Å². The minimum absolute atomic E-state index is 0.494. The lowest BCUT2D eigenvalue weighted by Crippen LogP contribution is -2.50. The SMILES string of the molecule is CCC1CCCN(C2CC(C)c3ccccc3C2NC)C1. The molecule has 1 aliphatic carbocycles. The molecule has 3 rings (SSSR count). The number of rotatable bonds is 3. The summed E-state index contributed by atoms with van der Waals surface area (Å²) in [6, 6.07) is 10.2. The second-order valence-corrected chi connectivity index (χ2v) is 7.01. The lowest BCUT2D eigenvalue weighted by atomic mass is 9.76. The Labute approximate surface area is 129 Å². The molecule has 2 nitrogen and oxygen atoms in total. The number of fused-ring (bicyclic) bond motifs is 1. The molecule has 1 aromatic rings. The lowest BCUT2D eigenvalue weighted by molar-refractivity contribution is 0.0832. The summed E-state index contributed by atoms with van der Waals surface area (Å²) in [6.07, 6.45) is 5.43. The van der Waals surface area contributed by atoms with Gasteiger partial charge in [0.05, 0.1) is 0 Å². The van der Waals surface area contributed by atoms with Crippen LogP contribution in [-0.2, 0) is 0 Å². The van der Waals surface area contributed by atoms with Crippen molar-refractivity contribution in [3.8, 4) is 0 Å². The van der Waals surface area contributed by atoms with Gasteiger partial charge in [-0.1, -0.05) is 44.5 Å². The molecular weight excluding hydrogens is 256 g/mol. The van der Waals surface area contributed by atoms with E-state index in [2.05, 4.69) is 55.4 Å². The van der Waals surface area contributed by atoms with Gasteiger partial charge in [0.1, 0.15) is 0 Å². The quantitative estimate of drug-likeness (QED) is 0.905. The fraction of sp³-hybridized carbons (Fsp3) is 0.684.